The number of hydrogen-bond acceptors (Lipinski definition) is 9. The van der Waals surface area contributed by atoms with Crippen molar-refractivity contribution in [1.82, 2.24) is 25.7 Å². The van der Waals surface area contributed by atoms with Gasteiger partial charge in [0, 0.05) is 50.0 Å². The number of allylic oxidation sites excluding steroid dienone is 2. The maximum absolute atomic E-state index is 12.6. The second kappa shape index (κ2) is 12.9. The number of aromatic nitrogens is 2. The van der Waals surface area contributed by atoms with Crippen LogP contribution in [0.15, 0.2) is 59.3 Å². The maximum atomic E-state index is 12.6. The van der Waals surface area contributed by atoms with Crippen molar-refractivity contribution in [3.05, 3.63) is 65.5 Å². The van der Waals surface area contributed by atoms with Crippen LogP contribution in [0.2, 0.25) is 0 Å². The first-order chi connectivity index (χ1) is 20.4. The van der Waals surface area contributed by atoms with Crippen LogP contribution in [0.5, 0.6) is 5.75 Å². The molecule has 0 atom stereocenters. The number of aliphatic imine (C=N–C) groups is 1. The van der Waals surface area contributed by atoms with Crippen LogP contribution in [0.25, 0.3) is 5.57 Å². The Morgan fingerprint density at radius 3 is 2.69 bits per heavy atom. The van der Waals surface area contributed by atoms with Gasteiger partial charge in [-0.3, -0.25) is 14.6 Å². The fourth-order valence-corrected chi connectivity index (χ4v) is 4.86. The van der Waals surface area contributed by atoms with Gasteiger partial charge in [0.1, 0.15) is 10.7 Å². The van der Waals surface area contributed by atoms with Gasteiger partial charge in [-0.2, -0.15) is 0 Å². The minimum atomic E-state index is -0.419. The molecule has 12 heteroatoms. The Morgan fingerprint density at radius 1 is 1.19 bits per heavy atom. The van der Waals surface area contributed by atoms with Crippen molar-refractivity contribution in [2.75, 3.05) is 44.9 Å². The van der Waals surface area contributed by atoms with Gasteiger partial charge in [0.2, 0.25) is 5.91 Å². The molecule has 0 saturated heterocycles. The molecular weight excluding hydrogens is 552 g/mol. The summed E-state index contributed by atoms with van der Waals surface area (Å²) >= 11 is 5.71. The summed E-state index contributed by atoms with van der Waals surface area (Å²) in [6.45, 7) is 1.12. The molecule has 1 saturated carbocycles. The predicted molar refractivity (Wildman–Crippen MR) is 168 cm³/mol. The van der Waals surface area contributed by atoms with Gasteiger partial charge in [-0.15, -0.1) is 10.2 Å². The average molecular weight is 587 g/mol. The number of carbonyl (C=O) groups is 2. The smallest absolute Gasteiger partial charge is 0.273 e. The summed E-state index contributed by atoms with van der Waals surface area (Å²) in [6, 6.07) is 7.26. The highest BCUT2D eigenvalue weighted by Gasteiger charge is 2.30. The number of para-hydroxylation sites is 1. The van der Waals surface area contributed by atoms with Crippen LogP contribution in [0.4, 0.5) is 17.2 Å². The number of benzene rings is 1. The van der Waals surface area contributed by atoms with Crippen LogP contribution in [0.1, 0.15) is 41.7 Å². The van der Waals surface area contributed by atoms with E-state index in [4.69, 9.17) is 21.9 Å². The Balaban J connectivity index is 1.34. The second-order valence-electron chi connectivity index (χ2n) is 10.2. The summed E-state index contributed by atoms with van der Waals surface area (Å²) in [6.07, 6.45) is 12.3. The first-order valence-electron chi connectivity index (χ1n) is 13.8. The largest absolute Gasteiger partial charge is 0.494 e. The molecule has 1 aromatic carbocycles. The van der Waals surface area contributed by atoms with Gasteiger partial charge >= 0.3 is 0 Å². The average Bonchev–Trinajstić information content (AvgIpc) is 3.87. The highest BCUT2D eigenvalue weighted by molar-refractivity contribution is 7.82. The lowest BCUT2D eigenvalue weighted by Crippen LogP contribution is -2.40. The molecule has 3 aliphatic rings. The molecule has 0 unspecified atom stereocenters. The van der Waals surface area contributed by atoms with E-state index in [1.807, 2.05) is 36.3 Å². The SMILES string of the molecule is CNC(=O)c1nnc(NC(=O)C2CC2)cc1Nc1cccc(C2=CNC(C(=S)N(C)CC3=CCCC=C3)=NC2)c1OC. The van der Waals surface area contributed by atoms with Crippen molar-refractivity contribution < 1.29 is 14.3 Å². The number of amides is 2. The number of amidine groups is 1. The number of nitrogens with one attached hydrogen (secondary N) is 4. The molecule has 0 bridgehead atoms. The van der Waals surface area contributed by atoms with E-state index in [9.17, 15) is 9.59 Å². The number of thiocarbonyl (C=S) groups is 1. The Hall–Kier alpha value is -4.58. The number of methoxy groups -OCH3 is 1. The van der Waals surface area contributed by atoms with Gasteiger partial charge in [0.05, 0.1) is 25.0 Å². The Kier molecular flexibility index (Phi) is 8.91. The summed E-state index contributed by atoms with van der Waals surface area (Å²) in [5, 5.41) is 20.0. The number of likely N-dealkylation sites (N-methyl/N-ethyl adjacent to an activating group) is 1. The van der Waals surface area contributed by atoms with Gasteiger partial charge in [-0.05, 0) is 37.3 Å². The van der Waals surface area contributed by atoms with E-state index in [1.165, 1.54) is 12.6 Å². The van der Waals surface area contributed by atoms with Crippen LogP contribution >= 0.6 is 12.2 Å². The van der Waals surface area contributed by atoms with Gasteiger partial charge in [-0.25, -0.2) is 0 Å². The van der Waals surface area contributed by atoms with Crippen molar-refractivity contribution in [2.24, 2.45) is 10.9 Å². The maximum Gasteiger partial charge on any atom is 0.273 e. The molecule has 5 rings (SSSR count). The Bertz CT molecular complexity index is 1530. The Morgan fingerprint density at radius 2 is 2.02 bits per heavy atom. The molecule has 2 heterocycles. The number of ether oxygens (including phenoxy) is 1. The number of hydrogen-bond donors (Lipinski definition) is 4. The molecule has 2 aliphatic carbocycles. The van der Waals surface area contributed by atoms with Crippen molar-refractivity contribution in [3.63, 3.8) is 0 Å². The van der Waals surface area contributed by atoms with Crippen molar-refractivity contribution in [3.8, 4) is 5.75 Å². The molecule has 218 valence electrons. The summed E-state index contributed by atoms with van der Waals surface area (Å²) in [5.41, 5.74) is 4.03. The second-order valence-corrected chi connectivity index (χ2v) is 10.6. The van der Waals surface area contributed by atoms with E-state index < -0.39 is 5.91 Å². The van der Waals surface area contributed by atoms with E-state index in [0.29, 0.717) is 34.5 Å². The molecule has 1 aromatic heterocycles. The van der Waals surface area contributed by atoms with Crippen LogP contribution in [-0.2, 0) is 4.79 Å². The molecule has 4 N–H and O–H groups in total. The number of nitrogens with zero attached hydrogens (tertiary/aromatic N) is 4. The summed E-state index contributed by atoms with van der Waals surface area (Å²) in [4.78, 5) is 32.2. The number of rotatable bonds is 10. The zero-order valence-electron chi connectivity index (χ0n) is 23.9. The highest BCUT2D eigenvalue weighted by atomic mass is 32.1. The topological polar surface area (TPSA) is 133 Å². The monoisotopic (exact) mass is 586 g/mol. The lowest BCUT2D eigenvalue weighted by atomic mass is 10.0. The molecule has 0 spiro atoms. The third-order valence-corrected chi connectivity index (χ3v) is 7.61. The Labute approximate surface area is 250 Å². The van der Waals surface area contributed by atoms with E-state index >= 15 is 0 Å². The number of carbonyl (C=O) groups excluding carboxylic acids is 2. The van der Waals surface area contributed by atoms with Crippen molar-refractivity contribution in [1.29, 1.82) is 0 Å². The van der Waals surface area contributed by atoms with E-state index in [0.717, 1.165) is 43.4 Å². The van der Waals surface area contributed by atoms with E-state index in [1.54, 1.807) is 13.2 Å². The van der Waals surface area contributed by atoms with Crippen molar-refractivity contribution >= 4 is 57.6 Å². The summed E-state index contributed by atoms with van der Waals surface area (Å²) in [7, 11) is 5.07. The summed E-state index contributed by atoms with van der Waals surface area (Å²) < 4.78 is 5.83. The molecule has 11 nitrogen and oxygen atoms in total. The summed E-state index contributed by atoms with van der Waals surface area (Å²) in [5.74, 6) is 0.938. The first kappa shape index (κ1) is 28.9. The van der Waals surface area contributed by atoms with Crippen LogP contribution in [0, 0.1) is 5.92 Å². The van der Waals surface area contributed by atoms with Crippen LogP contribution in [0.3, 0.4) is 0 Å². The lowest BCUT2D eigenvalue weighted by molar-refractivity contribution is -0.117. The third-order valence-electron chi connectivity index (χ3n) is 7.10. The molecule has 2 amide bonds. The molecule has 42 heavy (non-hydrogen) atoms. The van der Waals surface area contributed by atoms with Gasteiger partial charge in [-0.1, -0.05) is 42.6 Å². The lowest BCUT2D eigenvalue weighted by Gasteiger charge is -2.25. The zero-order chi connectivity index (χ0) is 29.6. The van der Waals surface area contributed by atoms with Gasteiger partial charge < -0.3 is 30.9 Å². The molecular formula is C30H34N8O3S. The fraction of sp³-hybridized carbons (Fsp3) is 0.333. The normalized spacial score (nSPS) is 15.8. The fourth-order valence-electron chi connectivity index (χ4n) is 4.68. The van der Waals surface area contributed by atoms with Crippen molar-refractivity contribution in [2.45, 2.75) is 25.7 Å². The molecule has 0 radical (unpaired) electrons. The quantitative estimate of drug-likeness (QED) is 0.307. The minimum absolute atomic E-state index is 0.000321. The van der Waals surface area contributed by atoms with E-state index in [-0.39, 0.29) is 23.3 Å². The molecule has 1 aliphatic heterocycles. The predicted octanol–water partition coefficient (Wildman–Crippen LogP) is 3.82. The zero-order valence-corrected chi connectivity index (χ0v) is 24.7. The number of anilines is 3. The first-order valence-corrected chi connectivity index (χ1v) is 14.2. The highest BCUT2D eigenvalue weighted by Crippen LogP contribution is 2.37. The minimum Gasteiger partial charge on any atom is -0.494 e. The molecule has 2 aromatic rings. The van der Waals surface area contributed by atoms with Crippen LogP contribution in [-0.4, -0.2) is 72.0 Å². The van der Waals surface area contributed by atoms with Gasteiger partial charge in [0.25, 0.3) is 5.91 Å². The van der Waals surface area contributed by atoms with Crippen LogP contribution < -0.4 is 26.0 Å². The standard InChI is InChI=1S/C30H34N8O3S/c1-31-29(40)25-23(14-24(36-37-25)35-28(39)19-12-13-19)34-22-11-7-10-21(26(22)41-3)20-15-32-27(33-16-20)30(42)38(2)17-18-8-5-4-6-9-18/h5,7-11,14-15,19H,4,6,12-13,16-17H2,1-3H3,(H,31,40)(H,32,33)(H2,34,35,36,39). The van der Waals surface area contributed by atoms with E-state index in [2.05, 4.69) is 49.7 Å². The third kappa shape index (κ3) is 6.65. The molecule has 1 fully saturated rings. The van der Waals surface area contributed by atoms with Gasteiger partial charge in [0.15, 0.2) is 17.3 Å².